The zero-order chi connectivity index (χ0) is 12.3. The Morgan fingerprint density at radius 3 is 2.76 bits per heavy atom. The van der Waals surface area contributed by atoms with Crippen molar-refractivity contribution in [3.8, 4) is 5.75 Å². The van der Waals surface area contributed by atoms with E-state index in [1.807, 2.05) is 29.2 Å². The van der Waals surface area contributed by atoms with Crippen LogP contribution in [0.4, 0.5) is 0 Å². The van der Waals surface area contributed by atoms with E-state index in [9.17, 15) is 4.79 Å². The van der Waals surface area contributed by atoms with E-state index >= 15 is 0 Å². The van der Waals surface area contributed by atoms with Gasteiger partial charge in [-0.1, -0.05) is 18.7 Å². The number of ether oxygens (including phenoxy) is 1. The Hall–Kier alpha value is -1.77. The molecule has 1 fully saturated rings. The lowest BCUT2D eigenvalue weighted by atomic mass is 10.0. The van der Waals surface area contributed by atoms with Gasteiger partial charge < -0.3 is 9.64 Å². The maximum Gasteiger partial charge on any atom is 0.246 e. The molecule has 1 aromatic rings. The largest absolute Gasteiger partial charge is 0.497 e. The number of hydrogen-bond donors (Lipinski definition) is 0. The standard InChI is InChI=1S/C14H17NO2/c1-3-14(16)15-10-4-5-13(15)11-6-8-12(17-2)9-7-11/h3,6-9,13H,1,4-5,10H2,2H3. The molecule has 0 N–H and O–H groups in total. The summed E-state index contributed by atoms with van der Waals surface area (Å²) in [5.41, 5.74) is 1.17. The second-order valence-corrected chi connectivity index (χ2v) is 4.17. The number of hydrogen-bond acceptors (Lipinski definition) is 2. The quantitative estimate of drug-likeness (QED) is 0.748. The van der Waals surface area contributed by atoms with Crippen LogP contribution in [0.25, 0.3) is 0 Å². The van der Waals surface area contributed by atoms with Gasteiger partial charge in [0, 0.05) is 6.54 Å². The molecular weight excluding hydrogens is 214 g/mol. The molecule has 1 saturated heterocycles. The highest BCUT2D eigenvalue weighted by atomic mass is 16.5. The van der Waals surface area contributed by atoms with Crippen LogP contribution in [0.5, 0.6) is 5.75 Å². The molecule has 0 radical (unpaired) electrons. The lowest BCUT2D eigenvalue weighted by Crippen LogP contribution is -2.28. The van der Waals surface area contributed by atoms with Gasteiger partial charge in [0.15, 0.2) is 0 Å². The molecule has 3 nitrogen and oxygen atoms in total. The maximum atomic E-state index is 11.7. The fourth-order valence-corrected chi connectivity index (χ4v) is 2.32. The molecule has 1 heterocycles. The van der Waals surface area contributed by atoms with Crippen molar-refractivity contribution in [2.45, 2.75) is 18.9 Å². The molecule has 0 bridgehead atoms. The van der Waals surface area contributed by atoms with Crippen LogP contribution in [0.3, 0.4) is 0 Å². The van der Waals surface area contributed by atoms with Crippen molar-refractivity contribution >= 4 is 5.91 Å². The molecule has 1 aliphatic heterocycles. The minimum absolute atomic E-state index is 0.0170. The molecule has 1 unspecified atom stereocenters. The number of nitrogens with zero attached hydrogens (tertiary/aromatic N) is 1. The predicted octanol–water partition coefficient (Wildman–Crippen LogP) is 2.54. The van der Waals surface area contributed by atoms with E-state index < -0.39 is 0 Å². The van der Waals surface area contributed by atoms with Gasteiger partial charge in [-0.15, -0.1) is 0 Å². The van der Waals surface area contributed by atoms with Gasteiger partial charge in [-0.25, -0.2) is 0 Å². The number of rotatable bonds is 3. The van der Waals surface area contributed by atoms with Crippen LogP contribution in [0.15, 0.2) is 36.9 Å². The van der Waals surface area contributed by atoms with E-state index in [4.69, 9.17) is 4.74 Å². The first-order valence-electron chi connectivity index (χ1n) is 5.83. The SMILES string of the molecule is C=CC(=O)N1CCCC1c1ccc(OC)cc1. The second-order valence-electron chi connectivity index (χ2n) is 4.17. The summed E-state index contributed by atoms with van der Waals surface area (Å²) in [5, 5.41) is 0. The second kappa shape index (κ2) is 5.04. The highest BCUT2D eigenvalue weighted by Gasteiger charge is 2.28. The summed E-state index contributed by atoms with van der Waals surface area (Å²) in [6.45, 7) is 4.37. The highest BCUT2D eigenvalue weighted by Crippen LogP contribution is 2.32. The van der Waals surface area contributed by atoms with E-state index in [0.29, 0.717) is 0 Å². The fraction of sp³-hybridized carbons (Fsp3) is 0.357. The van der Waals surface area contributed by atoms with Crippen molar-refractivity contribution in [2.24, 2.45) is 0 Å². The smallest absolute Gasteiger partial charge is 0.246 e. The first-order valence-corrected chi connectivity index (χ1v) is 5.83. The minimum atomic E-state index is 0.0170. The van der Waals surface area contributed by atoms with Crippen molar-refractivity contribution in [3.63, 3.8) is 0 Å². The zero-order valence-corrected chi connectivity index (χ0v) is 10.1. The van der Waals surface area contributed by atoms with E-state index in [1.165, 1.54) is 11.6 Å². The van der Waals surface area contributed by atoms with E-state index in [-0.39, 0.29) is 11.9 Å². The third-order valence-electron chi connectivity index (χ3n) is 3.21. The predicted molar refractivity (Wildman–Crippen MR) is 66.9 cm³/mol. The molecule has 0 spiro atoms. The summed E-state index contributed by atoms with van der Waals surface area (Å²) in [6, 6.07) is 8.11. The van der Waals surface area contributed by atoms with Crippen molar-refractivity contribution in [1.82, 2.24) is 4.90 Å². The lowest BCUT2D eigenvalue weighted by molar-refractivity contribution is -0.126. The van der Waals surface area contributed by atoms with Gasteiger partial charge in [-0.05, 0) is 36.6 Å². The summed E-state index contributed by atoms with van der Waals surface area (Å²) < 4.78 is 5.13. The number of amides is 1. The van der Waals surface area contributed by atoms with Crippen LogP contribution in [0, 0.1) is 0 Å². The molecule has 0 saturated carbocycles. The normalized spacial score (nSPS) is 19.1. The van der Waals surface area contributed by atoms with Gasteiger partial charge >= 0.3 is 0 Å². The first kappa shape index (κ1) is 11.7. The Labute approximate surface area is 102 Å². The van der Waals surface area contributed by atoms with Crippen LogP contribution in [-0.4, -0.2) is 24.5 Å². The maximum absolute atomic E-state index is 11.7. The molecular formula is C14H17NO2. The van der Waals surface area contributed by atoms with Crippen LogP contribution in [0.1, 0.15) is 24.4 Å². The van der Waals surface area contributed by atoms with Crippen LogP contribution in [0.2, 0.25) is 0 Å². The molecule has 1 aliphatic rings. The van der Waals surface area contributed by atoms with Crippen LogP contribution >= 0.6 is 0 Å². The third-order valence-corrected chi connectivity index (χ3v) is 3.21. The monoisotopic (exact) mass is 231 g/mol. The fourth-order valence-electron chi connectivity index (χ4n) is 2.32. The van der Waals surface area contributed by atoms with E-state index in [1.54, 1.807) is 7.11 Å². The number of carbonyl (C=O) groups excluding carboxylic acids is 1. The summed E-state index contributed by atoms with van der Waals surface area (Å²) in [7, 11) is 1.65. The van der Waals surface area contributed by atoms with Crippen molar-refractivity contribution in [2.75, 3.05) is 13.7 Å². The Balaban J connectivity index is 2.19. The summed E-state index contributed by atoms with van der Waals surface area (Å²) >= 11 is 0. The third kappa shape index (κ3) is 2.33. The molecule has 17 heavy (non-hydrogen) atoms. The molecule has 3 heteroatoms. The average Bonchev–Trinajstić information content (AvgIpc) is 2.87. The Kier molecular flexibility index (Phi) is 3.47. The number of benzene rings is 1. The Morgan fingerprint density at radius 1 is 1.47 bits per heavy atom. The molecule has 1 amide bonds. The van der Waals surface area contributed by atoms with Crippen molar-refractivity contribution in [3.05, 3.63) is 42.5 Å². The van der Waals surface area contributed by atoms with Crippen molar-refractivity contribution < 1.29 is 9.53 Å². The van der Waals surface area contributed by atoms with Crippen LogP contribution < -0.4 is 4.74 Å². The lowest BCUT2D eigenvalue weighted by Gasteiger charge is -2.23. The van der Waals surface area contributed by atoms with Gasteiger partial charge in [0.1, 0.15) is 5.75 Å². The summed E-state index contributed by atoms with van der Waals surface area (Å²) in [4.78, 5) is 13.6. The average molecular weight is 231 g/mol. The van der Waals surface area contributed by atoms with E-state index in [2.05, 4.69) is 6.58 Å². The molecule has 1 aromatic carbocycles. The zero-order valence-electron chi connectivity index (χ0n) is 10.1. The first-order chi connectivity index (χ1) is 8.26. The van der Waals surface area contributed by atoms with Crippen LogP contribution in [-0.2, 0) is 4.79 Å². The molecule has 1 atom stereocenters. The minimum Gasteiger partial charge on any atom is -0.497 e. The van der Waals surface area contributed by atoms with Gasteiger partial charge in [0.25, 0.3) is 0 Å². The highest BCUT2D eigenvalue weighted by molar-refractivity contribution is 5.87. The Bertz CT molecular complexity index is 411. The number of methoxy groups -OCH3 is 1. The van der Waals surface area contributed by atoms with E-state index in [0.717, 1.165) is 25.1 Å². The summed E-state index contributed by atoms with van der Waals surface area (Å²) in [6.07, 6.45) is 3.46. The van der Waals surface area contributed by atoms with Gasteiger partial charge in [-0.3, -0.25) is 4.79 Å². The molecule has 0 aliphatic carbocycles. The Morgan fingerprint density at radius 2 is 2.18 bits per heavy atom. The number of carbonyl (C=O) groups is 1. The summed E-state index contributed by atoms with van der Waals surface area (Å²) in [5.74, 6) is 0.858. The molecule has 90 valence electrons. The molecule has 2 rings (SSSR count). The topological polar surface area (TPSA) is 29.5 Å². The van der Waals surface area contributed by atoms with Crippen molar-refractivity contribution in [1.29, 1.82) is 0 Å². The van der Waals surface area contributed by atoms with Gasteiger partial charge in [0.05, 0.1) is 13.2 Å². The van der Waals surface area contributed by atoms with Gasteiger partial charge in [0.2, 0.25) is 5.91 Å². The van der Waals surface area contributed by atoms with Gasteiger partial charge in [-0.2, -0.15) is 0 Å². The molecule has 0 aromatic heterocycles. The number of likely N-dealkylation sites (tertiary alicyclic amines) is 1.